The highest BCUT2D eigenvalue weighted by atomic mass is 35.5. The third-order valence-electron chi connectivity index (χ3n) is 6.61. The number of imidazole rings is 1. The number of nitrogens with one attached hydrogen (secondary N) is 1. The number of benzene rings is 3. The number of aromatic nitrogens is 7. The van der Waals surface area contributed by atoms with E-state index < -0.39 is 35.2 Å². The minimum atomic E-state index is -1.65. The number of rotatable bonds is 5. The second-order valence-electron chi connectivity index (χ2n) is 9.22. The van der Waals surface area contributed by atoms with Crippen LogP contribution in [0.15, 0.2) is 58.6 Å². The van der Waals surface area contributed by atoms with Gasteiger partial charge in [-0.3, -0.25) is 18.6 Å². The van der Waals surface area contributed by atoms with Gasteiger partial charge >= 0.3 is 5.69 Å². The lowest BCUT2D eigenvalue weighted by molar-refractivity contribution is 0.444. The van der Waals surface area contributed by atoms with Gasteiger partial charge in [0.1, 0.15) is 6.33 Å². The fraction of sp³-hybridized carbons (Fsp3) is 0.111. The summed E-state index contributed by atoms with van der Waals surface area (Å²) in [6, 6.07) is 9.70. The highest BCUT2D eigenvalue weighted by Crippen LogP contribution is 2.36. The normalized spacial score (nSPS) is 11.4. The van der Waals surface area contributed by atoms with E-state index in [0.717, 1.165) is 21.3 Å². The summed E-state index contributed by atoms with van der Waals surface area (Å²) in [5.74, 6) is -4.33. The number of aryl methyl sites for hydroxylation is 1. The number of nitrogens with zero attached hydrogens (tertiary/aromatic N) is 7. The van der Waals surface area contributed by atoms with Crippen LogP contribution in [0.25, 0.3) is 33.1 Å². The molecule has 0 atom stereocenters. The lowest BCUT2D eigenvalue weighted by Gasteiger charge is -2.16. The first-order chi connectivity index (χ1) is 19.7. The molecule has 3 aromatic carbocycles. The highest BCUT2D eigenvalue weighted by molar-refractivity contribution is 6.34. The Morgan fingerprint density at radius 2 is 1.76 bits per heavy atom. The van der Waals surface area contributed by atoms with Crippen molar-refractivity contribution in [2.24, 2.45) is 7.05 Å². The SMILES string of the molecule is Cn1cnc(Cn2c(=O)c3c4[nH]cnc4c(-c4cc(C#N)ccc4Cl)cc3n(Cc3cc(F)c(F)c(F)c3)c2=O)n1. The summed E-state index contributed by atoms with van der Waals surface area (Å²) in [5, 5.41) is 13.9. The number of fused-ring (bicyclic) bond motifs is 3. The Balaban J connectivity index is 1.71. The molecule has 0 aliphatic heterocycles. The minimum Gasteiger partial charge on any atom is -0.344 e. The van der Waals surface area contributed by atoms with Crippen molar-refractivity contribution in [2.45, 2.75) is 13.1 Å². The standard InChI is InChI=1S/C27H16ClF3N8O2/c1-37-12-35-21(36-37)10-39-26(40)22-20(38(27(39)41)9-14-5-18(29)23(31)19(30)6-14)7-16(24-25(22)34-11-33-24)15-4-13(8-32)2-3-17(15)28/h2-7,11-12H,9-10H2,1H3,(H,33,34). The van der Waals surface area contributed by atoms with Gasteiger partial charge in [0.15, 0.2) is 23.3 Å². The third-order valence-corrected chi connectivity index (χ3v) is 6.94. The van der Waals surface area contributed by atoms with E-state index in [-0.39, 0.29) is 39.4 Å². The van der Waals surface area contributed by atoms with E-state index in [1.807, 2.05) is 6.07 Å². The van der Waals surface area contributed by atoms with Crippen molar-refractivity contribution in [2.75, 3.05) is 0 Å². The molecule has 1 N–H and O–H groups in total. The van der Waals surface area contributed by atoms with Crippen molar-refractivity contribution < 1.29 is 13.2 Å². The van der Waals surface area contributed by atoms with E-state index in [4.69, 9.17) is 11.6 Å². The summed E-state index contributed by atoms with van der Waals surface area (Å²) in [6.07, 6.45) is 2.77. The number of aromatic amines is 1. The van der Waals surface area contributed by atoms with Gasteiger partial charge < -0.3 is 4.98 Å². The van der Waals surface area contributed by atoms with Crippen molar-refractivity contribution in [3.63, 3.8) is 0 Å². The number of hydrogen-bond acceptors (Lipinski definition) is 6. The Labute approximate surface area is 232 Å². The van der Waals surface area contributed by atoms with Crippen LogP contribution in [-0.2, 0) is 20.1 Å². The maximum absolute atomic E-state index is 14.1. The zero-order valence-electron chi connectivity index (χ0n) is 21.0. The van der Waals surface area contributed by atoms with Gasteiger partial charge in [-0.15, -0.1) is 0 Å². The Hall–Kier alpha value is -5.22. The molecule has 41 heavy (non-hydrogen) atoms. The first-order valence-electron chi connectivity index (χ1n) is 12.0. The molecule has 3 aromatic heterocycles. The van der Waals surface area contributed by atoms with Gasteiger partial charge in [0.05, 0.1) is 53.0 Å². The van der Waals surface area contributed by atoms with Crippen LogP contribution in [0.3, 0.4) is 0 Å². The zero-order valence-corrected chi connectivity index (χ0v) is 21.7. The summed E-state index contributed by atoms with van der Waals surface area (Å²) < 4.78 is 45.4. The number of nitriles is 1. The molecule has 0 amide bonds. The maximum Gasteiger partial charge on any atom is 0.332 e. The van der Waals surface area contributed by atoms with E-state index in [2.05, 4.69) is 20.1 Å². The van der Waals surface area contributed by atoms with Crippen LogP contribution in [0, 0.1) is 28.8 Å². The molecule has 0 unspecified atom stereocenters. The molecule has 0 radical (unpaired) electrons. The second kappa shape index (κ2) is 9.76. The zero-order chi connectivity index (χ0) is 29.0. The van der Waals surface area contributed by atoms with E-state index >= 15 is 0 Å². The molecule has 0 fully saturated rings. The van der Waals surface area contributed by atoms with E-state index in [1.165, 1.54) is 35.5 Å². The first-order valence-corrected chi connectivity index (χ1v) is 12.4. The molecule has 0 saturated heterocycles. The third kappa shape index (κ3) is 4.34. The lowest BCUT2D eigenvalue weighted by Crippen LogP contribution is -2.41. The Morgan fingerprint density at radius 1 is 1.00 bits per heavy atom. The van der Waals surface area contributed by atoms with Crippen molar-refractivity contribution >= 4 is 33.5 Å². The van der Waals surface area contributed by atoms with Gasteiger partial charge in [0.25, 0.3) is 5.56 Å². The van der Waals surface area contributed by atoms with Crippen molar-refractivity contribution in [3.05, 3.63) is 109 Å². The molecule has 14 heteroatoms. The monoisotopic (exact) mass is 576 g/mol. The second-order valence-corrected chi connectivity index (χ2v) is 9.63. The molecule has 0 aliphatic rings. The van der Waals surface area contributed by atoms with Gasteiger partial charge in [-0.25, -0.2) is 27.9 Å². The molecule has 3 heterocycles. The van der Waals surface area contributed by atoms with Crippen LogP contribution < -0.4 is 11.2 Å². The van der Waals surface area contributed by atoms with Gasteiger partial charge in [0, 0.05) is 23.2 Å². The number of hydrogen-bond donors (Lipinski definition) is 1. The van der Waals surface area contributed by atoms with Gasteiger partial charge in [-0.05, 0) is 42.0 Å². The maximum atomic E-state index is 14.1. The van der Waals surface area contributed by atoms with Crippen LogP contribution in [0.2, 0.25) is 5.02 Å². The van der Waals surface area contributed by atoms with E-state index in [0.29, 0.717) is 22.2 Å². The number of H-pyrrole nitrogens is 1. The minimum absolute atomic E-state index is 0.0485. The summed E-state index contributed by atoms with van der Waals surface area (Å²) in [5.41, 5.74) is 0.188. The topological polar surface area (TPSA) is 127 Å². The van der Waals surface area contributed by atoms with Crippen LogP contribution in [0.5, 0.6) is 0 Å². The van der Waals surface area contributed by atoms with E-state index in [9.17, 15) is 28.0 Å². The summed E-state index contributed by atoms with van der Waals surface area (Å²) in [7, 11) is 1.62. The van der Waals surface area contributed by atoms with Crippen molar-refractivity contribution in [3.8, 4) is 17.2 Å². The Kier molecular flexibility index (Phi) is 6.19. The van der Waals surface area contributed by atoms with Gasteiger partial charge in [-0.2, -0.15) is 10.4 Å². The molecular weight excluding hydrogens is 561 g/mol. The quantitative estimate of drug-likeness (QED) is 0.310. The molecule has 204 valence electrons. The fourth-order valence-corrected chi connectivity index (χ4v) is 4.99. The smallest absolute Gasteiger partial charge is 0.332 e. The van der Waals surface area contributed by atoms with Crippen LogP contribution >= 0.6 is 11.6 Å². The largest absolute Gasteiger partial charge is 0.344 e. The molecule has 6 rings (SSSR count). The average molecular weight is 577 g/mol. The van der Waals surface area contributed by atoms with Crippen LogP contribution in [-0.4, -0.2) is 33.9 Å². The van der Waals surface area contributed by atoms with Crippen LogP contribution in [0.1, 0.15) is 17.0 Å². The molecule has 0 saturated carbocycles. The molecule has 0 aliphatic carbocycles. The molecule has 10 nitrogen and oxygen atoms in total. The average Bonchev–Trinajstić information content (AvgIpc) is 3.60. The molecular formula is C27H16ClF3N8O2. The Bertz CT molecular complexity index is 2170. The molecule has 0 bridgehead atoms. The first kappa shape index (κ1) is 26.0. The van der Waals surface area contributed by atoms with E-state index in [1.54, 1.807) is 13.1 Å². The van der Waals surface area contributed by atoms with Crippen LogP contribution in [0.4, 0.5) is 13.2 Å². The summed E-state index contributed by atoms with van der Waals surface area (Å²) >= 11 is 6.49. The molecule has 6 aromatic rings. The van der Waals surface area contributed by atoms with Gasteiger partial charge in [0.2, 0.25) is 0 Å². The number of halogens is 4. The Morgan fingerprint density at radius 3 is 2.44 bits per heavy atom. The molecule has 0 spiro atoms. The van der Waals surface area contributed by atoms with Crippen molar-refractivity contribution in [1.29, 1.82) is 5.26 Å². The van der Waals surface area contributed by atoms with Crippen molar-refractivity contribution in [1.82, 2.24) is 33.9 Å². The lowest BCUT2D eigenvalue weighted by atomic mass is 9.99. The van der Waals surface area contributed by atoms with Gasteiger partial charge in [-0.1, -0.05) is 11.6 Å². The summed E-state index contributed by atoms with van der Waals surface area (Å²) in [4.78, 5) is 39.1. The predicted molar refractivity (Wildman–Crippen MR) is 143 cm³/mol. The predicted octanol–water partition coefficient (Wildman–Crippen LogP) is 3.87. The highest BCUT2D eigenvalue weighted by Gasteiger charge is 2.23. The fourth-order valence-electron chi connectivity index (χ4n) is 4.77. The summed E-state index contributed by atoms with van der Waals surface area (Å²) in [6.45, 7) is -0.724.